The van der Waals surface area contributed by atoms with Gasteiger partial charge in [-0.15, -0.1) is 0 Å². The van der Waals surface area contributed by atoms with Crippen molar-refractivity contribution in [2.45, 2.75) is 64.3 Å². The number of ether oxygens (including phenoxy) is 2. The Labute approximate surface area is 98.7 Å². The first-order valence-corrected chi connectivity index (χ1v) is 6.74. The quantitative estimate of drug-likeness (QED) is 0.639. The minimum atomic E-state index is 0.178. The second kappa shape index (κ2) is 3.23. The van der Waals surface area contributed by atoms with Crippen LogP contribution in [0.3, 0.4) is 0 Å². The van der Waals surface area contributed by atoms with Crippen molar-refractivity contribution in [3.05, 3.63) is 0 Å². The zero-order chi connectivity index (χ0) is 11.6. The maximum atomic E-state index is 6.17. The Kier molecular flexibility index (Phi) is 2.23. The van der Waals surface area contributed by atoms with Gasteiger partial charge in [-0.05, 0) is 31.1 Å². The van der Waals surface area contributed by atoms with Crippen LogP contribution in [0.15, 0.2) is 0 Å². The second-order valence-electron chi connectivity index (χ2n) is 6.52. The number of hydrogen-bond donors (Lipinski definition) is 0. The first kappa shape index (κ1) is 11.0. The molecule has 1 heterocycles. The van der Waals surface area contributed by atoms with Crippen LogP contribution in [0.5, 0.6) is 0 Å². The highest BCUT2D eigenvalue weighted by atomic mass is 16.6. The predicted octanol–water partition coefficient (Wildman–Crippen LogP) is 3.01. The highest BCUT2D eigenvalue weighted by Crippen LogP contribution is 2.67. The lowest BCUT2D eigenvalue weighted by molar-refractivity contribution is -0.0671. The maximum absolute atomic E-state index is 6.17. The monoisotopic (exact) mass is 224 g/mol. The molecule has 0 amide bonds. The van der Waals surface area contributed by atoms with E-state index in [1.807, 2.05) is 7.11 Å². The Morgan fingerprint density at radius 1 is 1.31 bits per heavy atom. The molecule has 2 saturated carbocycles. The third kappa shape index (κ3) is 1.15. The normalized spacial score (nSPS) is 60.0. The molecule has 1 saturated heterocycles. The van der Waals surface area contributed by atoms with Crippen LogP contribution in [0.25, 0.3) is 0 Å². The van der Waals surface area contributed by atoms with Crippen LogP contribution in [-0.4, -0.2) is 24.9 Å². The summed E-state index contributed by atoms with van der Waals surface area (Å²) in [5.41, 5.74) is 0.572. The Morgan fingerprint density at radius 2 is 2.06 bits per heavy atom. The molecule has 1 aliphatic heterocycles. The topological polar surface area (TPSA) is 21.8 Å². The van der Waals surface area contributed by atoms with Gasteiger partial charge in [-0.25, -0.2) is 0 Å². The van der Waals surface area contributed by atoms with Crippen LogP contribution in [0.2, 0.25) is 0 Å². The van der Waals surface area contributed by atoms with Crippen LogP contribution in [0.1, 0.15) is 46.5 Å². The van der Waals surface area contributed by atoms with Gasteiger partial charge in [-0.1, -0.05) is 20.8 Å². The van der Waals surface area contributed by atoms with Crippen molar-refractivity contribution in [2.24, 2.45) is 17.3 Å². The zero-order valence-corrected chi connectivity index (χ0v) is 11.0. The van der Waals surface area contributed by atoms with E-state index in [2.05, 4.69) is 20.8 Å². The Morgan fingerprint density at radius 3 is 2.75 bits per heavy atom. The van der Waals surface area contributed by atoms with Crippen molar-refractivity contribution < 1.29 is 9.47 Å². The van der Waals surface area contributed by atoms with E-state index < -0.39 is 0 Å². The van der Waals surface area contributed by atoms with E-state index in [1.165, 1.54) is 19.3 Å². The summed E-state index contributed by atoms with van der Waals surface area (Å²) >= 11 is 0. The van der Waals surface area contributed by atoms with Gasteiger partial charge >= 0.3 is 0 Å². The average Bonchev–Trinajstić information content (AvgIpc) is 2.95. The molecule has 6 atom stereocenters. The van der Waals surface area contributed by atoms with Gasteiger partial charge in [0, 0.05) is 18.9 Å². The van der Waals surface area contributed by atoms with Crippen LogP contribution in [0.4, 0.5) is 0 Å². The van der Waals surface area contributed by atoms with E-state index in [0.29, 0.717) is 17.6 Å². The third-order valence-corrected chi connectivity index (χ3v) is 6.08. The molecule has 0 radical (unpaired) electrons. The van der Waals surface area contributed by atoms with Gasteiger partial charge in [0.15, 0.2) is 0 Å². The summed E-state index contributed by atoms with van der Waals surface area (Å²) in [7, 11) is 1.84. The summed E-state index contributed by atoms with van der Waals surface area (Å²) in [5.74, 6) is 1.59. The second-order valence-corrected chi connectivity index (χ2v) is 6.52. The molecule has 92 valence electrons. The van der Waals surface area contributed by atoms with Crippen LogP contribution < -0.4 is 0 Å². The van der Waals surface area contributed by atoms with Gasteiger partial charge in [-0.2, -0.15) is 0 Å². The fourth-order valence-electron chi connectivity index (χ4n) is 4.47. The van der Waals surface area contributed by atoms with Gasteiger partial charge in [-0.3, -0.25) is 0 Å². The number of methoxy groups -OCH3 is 1. The summed E-state index contributed by atoms with van der Waals surface area (Å²) in [5, 5.41) is 0. The molecule has 0 N–H and O–H groups in total. The van der Waals surface area contributed by atoms with Gasteiger partial charge in [0.2, 0.25) is 0 Å². The molecule has 3 fully saturated rings. The van der Waals surface area contributed by atoms with E-state index in [1.54, 1.807) is 0 Å². The lowest BCUT2D eigenvalue weighted by atomic mass is 9.52. The van der Waals surface area contributed by atoms with Crippen molar-refractivity contribution in [3.8, 4) is 0 Å². The molecular weight excluding hydrogens is 200 g/mol. The predicted molar refractivity (Wildman–Crippen MR) is 63.3 cm³/mol. The zero-order valence-electron chi connectivity index (χ0n) is 11.0. The Hall–Kier alpha value is -0.0800. The SMILES string of the molecule is COC1CCC2(C)C(C)C(C)CC3OC32C1. The van der Waals surface area contributed by atoms with Gasteiger partial charge < -0.3 is 9.47 Å². The van der Waals surface area contributed by atoms with Crippen molar-refractivity contribution in [2.75, 3.05) is 7.11 Å². The summed E-state index contributed by atoms with van der Waals surface area (Å²) in [6, 6.07) is 0. The Bertz CT molecular complexity index is 303. The molecule has 1 spiro atoms. The molecular formula is C14H24O2. The fourth-order valence-corrected chi connectivity index (χ4v) is 4.47. The van der Waals surface area contributed by atoms with E-state index in [-0.39, 0.29) is 5.60 Å². The highest BCUT2D eigenvalue weighted by Gasteiger charge is 2.72. The molecule has 2 heteroatoms. The van der Waals surface area contributed by atoms with E-state index in [9.17, 15) is 0 Å². The van der Waals surface area contributed by atoms with Gasteiger partial charge in [0.25, 0.3) is 0 Å². The third-order valence-electron chi connectivity index (χ3n) is 6.08. The van der Waals surface area contributed by atoms with Crippen molar-refractivity contribution in [3.63, 3.8) is 0 Å². The molecule has 0 aromatic heterocycles. The molecule has 3 rings (SSSR count). The Balaban J connectivity index is 1.90. The molecule has 0 bridgehead atoms. The first-order chi connectivity index (χ1) is 7.53. The van der Waals surface area contributed by atoms with Crippen LogP contribution in [-0.2, 0) is 9.47 Å². The maximum Gasteiger partial charge on any atom is 0.103 e. The number of epoxide rings is 1. The number of rotatable bonds is 1. The molecule has 3 aliphatic rings. The van der Waals surface area contributed by atoms with Gasteiger partial charge in [0.05, 0.1) is 12.2 Å². The molecule has 16 heavy (non-hydrogen) atoms. The molecule has 2 aliphatic carbocycles. The van der Waals surface area contributed by atoms with Gasteiger partial charge in [0.1, 0.15) is 5.60 Å². The van der Waals surface area contributed by atoms with Crippen LogP contribution >= 0.6 is 0 Å². The molecule has 0 aromatic rings. The average molecular weight is 224 g/mol. The minimum absolute atomic E-state index is 0.178. The standard InChI is InChI=1S/C14H24O2/c1-9-7-12-14(16-12)8-11(15-4)5-6-13(14,3)10(9)2/h9-12H,5-8H2,1-4H3. The molecule has 6 unspecified atom stereocenters. The van der Waals surface area contributed by atoms with E-state index in [4.69, 9.17) is 9.47 Å². The summed E-state index contributed by atoms with van der Waals surface area (Å²) in [6.45, 7) is 7.28. The van der Waals surface area contributed by atoms with E-state index >= 15 is 0 Å². The van der Waals surface area contributed by atoms with Crippen molar-refractivity contribution >= 4 is 0 Å². The number of hydrogen-bond acceptors (Lipinski definition) is 2. The fraction of sp³-hybridized carbons (Fsp3) is 1.00. The first-order valence-electron chi connectivity index (χ1n) is 6.74. The van der Waals surface area contributed by atoms with Crippen molar-refractivity contribution in [1.29, 1.82) is 0 Å². The summed E-state index contributed by atoms with van der Waals surface area (Å²) in [4.78, 5) is 0. The minimum Gasteiger partial charge on any atom is -0.381 e. The molecule has 0 aromatic carbocycles. The summed E-state index contributed by atoms with van der Waals surface area (Å²) in [6.07, 6.45) is 5.82. The van der Waals surface area contributed by atoms with E-state index in [0.717, 1.165) is 18.3 Å². The summed E-state index contributed by atoms with van der Waals surface area (Å²) < 4.78 is 11.7. The lowest BCUT2D eigenvalue weighted by Gasteiger charge is -2.51. The lowest BCUT2D eigenvalue weighted by Crippen LogP contribution is -2.53. The molecule has 2 nitrogen and oxygen atoms in total. The smallest absolute Gasteiger partial charge is 0.103 e. The highest BCUT2D eigenvalue weighted by molar-refractivity contribution is 5.20. The van der Waals surface area contributed by atoms with Crippen molar-refractivity contribution in [1.82, 2.24) is 0 Å². The largest absolute Gasteiger partial charge is 0.381 e. The van der Waals surface area contributed by atoms with Crippen LogP contribution in [0, 0.1) is 17.3 Å².